The Bertz CT molecular complexity index is 597. The van der Waals surface area contributed by atoms with Crippen molar-refractivity contribution in [2.75, 3.05) is 0 Å². The lowest BCUT2D eigenvalue weighted by molar-refractivity contribution is 0.802. The van der Waals surface area contributed by atoms with Crippen LogP contribution in [0.25, 0.3) is 11.4 Å². The summed E-state index contributed by atoms with van der Waals surface area (Å²) in [6.07, 6.45) is 1.77. The topological polar surface area (TPSA) is 25.8 Å². The van der Waals surface area contributed by atoms with Crippen molar-refractivity contribution in [3.63, 3.8) is 0 Å². The molecule has 5 heteroatoms. The SMILES string of the molecule is CC(C)c1nc(-c2ccc(Cl)c(Cl)c2)ncc1CCl. The summed E-state index contributed by atoms with van der Waals surface area (Å²) in [6.45, 7) is 4.16. The Hall–Kier alpha value is -0.830. The first-order chi connectivity index (χ1) is 9.02. The second-order valence-electron chi connectivity index (χ2n) is 4.52. The number of hydrogen-bond acceptors (Lipinski definition) is 2. The molecule has 0 spiro atoms. The number of alkyl halides is 1. The zero-order valence-electron chi connectivity index (χ0n) is 10.6. The Kier molecular flexibility index (Phi) is 4.67. The average molecular weight is 316 g/mol. The third kappa shape index (κ3) is 3.19. The van der Waals surface area contributed by atoms with Crippen LogP contribution in [0.1, 0.15) is 31.0 Å². The molecule has 0 saturated carbocycles. The molecule has 0 atom stereocenters. The maximum absolute atomic E-state index is 6.02. The summed E-state index contributed by atoms with van der Waals surface area (Å²) in [5.41, 5.74) is 2.77. The number of rotatable bonds is 3. The lowest BCUT2D eigenvalue weighted by Crippen LogP contribution is -2.02. The van der Waals surface area contributed by atoms with E-state index in [1.54, 1.807) is 18.3 Å². The molecule has 0 aliphatic carbocycles. The highest BCUT2D eigenvalue weighted by molar-refractivity contribution is 6.42. The number of nitrogens with zero attached hydrogens (tertiary/aromatic N) is 2. The van der Waals surface area contributed by atoms with Gasteiger partial charge in [-0.25, -0.2) is 9.97 Å². The summed E-state index contributed by atoms with van der Waals surface area (Å²) in [5, 5.41) is 1.02. The van der Waals surface area contributed by atoms with E-state index in [2.05, 4.69) is 23.8 Å². The molecule has 1 aromatic heterocycles. The van der Waals surface area contributed by atoms with Gasteiger partial charge in [-0.05, 0) is 24.1 Å². The predicted molar refractivity (Wildman–Crippen MR) is 81.1 cm³/mol. The van der Waals surface area contributed by atoms with E-state index in [0.717, 1.165) is 16.8 Å². The number of aromatic nitrogens is 2. The van der Waals surface area contributed by atoms with Gasteiger partial charge in [0, 0.05) is 17.3 Å². The molecular weight excluding hydrogens is 303 g/mol. The summed E-state index contributed by atoms with van der Waals surface area (Å²) < 4.78 is 0. The minimum Gasteiger partial charge on any atom is -0.236 e. The molecule has 1 heterocycles. The number of halogens is 3. The molecule has 0 bridgehead atoms. The standard InChI is InChI=1S/C14H13Cl3N2/c1-8(2)13-10(6-15)7-18-14(19-13)9-3-4-11(16)12(17)5-9/h3-5,7-8H,6H2,1-2H3. The zero-order chi connectivity index (χ0) is 14.0. The summed E-state index contributed by atoms with van der Waals surface area (Å²) in [6, 6.07) is 5.37. The summed E-state index contributed by atoms with van der Waals surface area (Å²) in [4.78, 5) is 8.92. The first-order valence-electron chi connectivity index (χ1n) is 5.90. The van der Waals surface area contributed by atoms with Crippen LogP contribution in [-0.4, -0.2) is 9.97 Å². The molecule has 0 saturated heterocycles. The lowest BCUT2D eigenvalue weighted by Gasteiger charge is -2.11. The normalized spacial score (nSPS) is 11.1. The van der Waals surface area contributed by atoms with Crippen LogP contribution in [0.15, 0.2) is 24.4 Å². The van der Waals surface area contributed by atoms with Crippen LogP contribution in [0, 0.1) is 0 Å². The third-order valence-electron chi connectivity index (χ3n) is 2.77. The molecule has 0 N–H and O–H groups in total. The Morgan fingerprint density at radius 1 is 1.16 bits per heavy atom. The first kappa shape index (κ1) is 14.6. The minimum absolute atomic E-state index is 0.290. The van der Waals surface area contributed by atoms with Crippen molar-refractivity contribution >= 4 is 34.8 Å². The van der Waals surface area contributed by atoms with Crippen LogP contribution in [0.4, 0.5) is 0 Å². The maximum Gasteiger partial charge on any atom is 0.159 e. The van der Waals surface area contributed by atoms with Crippen LogP contribution < -0.4 is 0 Å². The largest absolute Gasteiger partial charge is 0.236 e. The van der Waals surface area contributed by atoms with Gasteiger partial charge in [-0.1, -0.05) is 37.0 Å². The van der Waals surface area contributed by atoms with Gasteiger partial charge in [0.15, 0.2) is 5.82 Å². The van der Waals surface area contributed by atoms with Gasteiger partial charge in [0.05, 0.1) is 21.6 Å². The van der Waals surface area contributed by atoms with Gasteiger partial charge in [-0.15, -0.1) is 11.6 Å². The van der Waals surface area contributed by atoms with Crippen molar-refractivity contribution in [1.29, 1.82) is 0 Å². The van der Waals surface area contributed by atoms with Gasteiger partial charge >= 0.3 is 0 Å². The van der Waals surface area contributed by atoms with Crippen molar-refractivity contribution in [3.8, 4) is 11.4 Å². The highest BCUT2D eigenvalue weighted by Gasteiger charge is 2.12. The molecule has 0 unspecified atom stereocenters. The van der Waals surface area contributed by atoms with Crippen LogP contribution in [0.3, 0.4) is 0 Å². The first-order valence-corrected chi connectivity index (χ1v) is 7.19. The number of benzene rings is 1. The molecule has 19 heavy (non-hydrogen) atoms. The van der Waals surface area contributed by atoms with Crippen LogP contribution in [-0.2, 0) is 5.88 Å². The van der Waals surface area contributed by atoms with E-state index in [0.29, 0.717) is 27.7 Å². The summed E-state index contributed by atoms with van der Waals surface area (Å²) in [5.74, 6) is 1.34. The fourth-order valence-electron chi connectivity index (χ4n) is 1.80. The second kappa shape index (κ2) is 6.08. The Balaban J connectivity index is 2.50. The van der Waals surface area contributed by atoms with Gasteiger partial charge in [0.1, 0.15) is 0 Å². The molecule has 2 aromatic rings. The molecule has 0 amide bonds. The van der Waals surface area contributed by atoms with E-state index in [1.165, 1.54) is 0 Å². The van der Waals surface area contributed by atoms with E-state index >= 15 is 0 Å². The van der Waals surface area contributed by atoms with E-state index in [-0.39, 0.29) is 0 Å². The summed E-state index contributed by atoms with van der Waals surface area (Å²) >= 11 is 17.8. The molecule has 0 radical (unpaired) electrons. The summed E-state index contributed by atoms with van der Waals surface area (Å²) in [7, 11) is 0. The van der Waals surface area contributed by atoms with Crippen molar-refractivity contribution in [1.82, 2.24) is 9.97 Å². The van der Waals surface area contributed by atoms with Crippen molar-refractivity contribution in [3.05, 3.63) is 45.7 Å². The fraction of sp³-hybridized carbons (Fsp3) is 0.286. The molecular formula is C14H13Cl3N2. The van der Waals surface area contributed by atoms with Crippen LogP contribution >= 0.6 is 34.8 Å². The molecule has 2 nitrogen and oxygen atoms in total. The van der Waals surface area contributed by atoms with Crippen molar-refractivity contribution in [2.24, 2.45) is 0 Å². The average Bonchev–Trinajstić information content (AvgIpc) is 2.41. The second-order valence-corrected chi connectivity index (χ2v) is 5.60. The predicted octanol–water partition coefficient (Wildman–Crippen LogP) is 5.31. The van der Waals surface area contributed by atoms with Gasteiger partial charge in [-0.3, -0.25) is 0 Å². The highest BCUT2D eigenvalue weighted by atomic mass is 35.5. The monoisotopic (exact) mass is 314 g/mol. The third-order valence-corrected chi connectivity index (χ3v) is 3.79. The van der Waals surface area contributed by atoms with E-state index < -0.39 is 0 Å². The Labute approximate surface area is 127 Å². The highest BCUT2D eigenvalue weighted by Crippen LogP contribution is 2.28. The molecule has 1 aromatic carbocycles. The quantitative estimate of drug-likeness (QED) is 0.717. The smallest absolute Gasteiger partial charge is 0.159 e. The molecule has 0 aliphatic rings. The maximum atomic E-state index is 6.02. The number of hydrogen-bond donors (Lipinski definition) is 0. The minimum atomic E-state index is 0.290. The molecule has 0 aliphatic heterocycles. The molecule has 100 valence electrons. The van der Waals surface area contributed by atoms with Crippen LogP contribution in [0.5, 0.6) is 0 Å². The van der Waals surface area contributed by atoms with Gasteiger partial charge in [-0.2, -0.15) is 0 Å². The Morgan fingerprint density at radius 2 is 1.89 bits per heavy atom. The van der Waals surface area contributed by atoms with E-state index in [9.17, 15) is 0 Å². The molecule has 0 fully saturated rings. The lowest BCUT2D eigenvalue weighted by atomic mass is 10.1. The van der Waals surface area contributed by atoms with E-state index in [1.807, 2.05) is 6.07 Å². The van der Waals surface area contributed by atoms with Crippen molar-refractivity contribution < 1.29 is 0 Å². The van der Waals surface area contributed by atoms with Gasteiger partial charge in [0.2, 0.25) is 0 Å². The van der Waals surface area contributed by atoms with E-state index in [4.69, 9.17) is 34.8 Å². The van der Waals surface area contributed by atoms with Crippen molar-refractivity contribution in [2.45, 2.75) is 25.6 Å². The van der Waals surface area contributed by atoms with Gasteiger partial charge in [0.25, 0.3) is 0 Å². The molecule has 2 rings (SSSR count). The van der Waals surface area contributed by atoms with Gasteiger partial charge < -0.3 is 0 Å². The fourth-order valence-corrected chi connectivity index (χ4v) is 2.30. The van der Waals surface area contributed by atoms with Crippen LogP contribution in [0.2, 0.25) is 10.0 Å². The Morgan fingerprint density at radius 3 is 2.47 bits per heavy atom. The zero-order valence-corrected chi connectivity index (χ0v) is 12.9.